The van der Waals surface area contributed by atoms with E-state index in [0.717, 1.165) is 37.1 Å². The van der Waals surface area contributed by atoms with Crippen molar-refractivity contribution in [3.8, 4) is 0 Å². The van der Waals surface area contributed by atoms with Crippen molar-refractivity contribution in [2.75, 3.05) is 19.7 Å². The third kappa shape index (κ3) is 3.93. The first-order valence-corrected chi connectivity index (χ1v) is 6.94. The van der Waals surface area contributed by atoms with Gasteiger partial charge in [-0.15, -0.1) is 0 Å². The molecule has 0 aliphatic carbocycles. The summed E-state index contributed by atoms with van der Waals surface area (Å²) in [6, 6.07) is 10.1. The number of benzene rings is 1. The van der Waals surface area contributed by atoms with Crippen LogP contribution in [-0.4, -0.2) is 25.7 Å². The van der Waals surface area contributed by atoms with Crippen molar-refractivity contribution < 1.29 is 9.53 Å². The summed E-state index contributed by atoms with van der Waals surface area (Å²) in [7, 11) is 0. The highest BCUT2D eigenvalue weighted by Crippen LogP contribution is 2.19. The van der Waals surface area contributed by atoms with Crippen LogP contribution in [0.4, 0.5) is 0 Å². The molecular formula is C16H21NO2. The summed E-state index contributed by atoms with van der Waals surface area (Å²) in [6.07, 6.45) is 2.75. The van der Waals surface area contributed by atoms with Crippen LogP contribution in [0.1, 0.15) is 25.3 Å². The van der Waals surface area contributed by atoms with Crippen molar-refractivity contribution in [1.82, 2.24) is 5.32 Å². The molecule has 1 fully saturated rings. The van der Waals surface area contributed by atoms with Crippen molar-refractivity contribution >= 4 is 5.97 Å². The number of hydrogen-bond donors (Lipinski definition) is 1. The summed E-state index contributed by atoms with van der Waals surface area (Å²) in [5, 5.41) is 3.33. The molecule has 0 atom stereocenters. The third-order valence-electron chi connectivity index (χ3n) is 3.34. The Labute approximate surface area is 114 Å². The molecule has 19 heavy (non-hydrogen) atoms. The number of esters is 1. The Bertz CT molecular complexity index is 443. The number of piperidine rings is 1. The average Bonchev–Trinajstić information content (AvgIpc) is 2.47. The molecule has 102 valence electrons. The molecule has 3 nitrogen and oxygen atoms in total. The van der Waals surface area contributed by atoms with Gasteiger partial charge >= 0.3 is 5.97 Å². The van der Waals surface area contributed by atoms with Crippen molar-refractivity contribution in [3.63, 3.8) is 0 Å². The van der Waals surface area contributed by atoms with Crippen molar-refractivity contribution in [2.24, 2.45) is 0 Å². The molecule has 1 aliphatic heterocycles. The SMILES string of the molecule is CCOC(=O)/C(Cc1ccccc1)=C1\CCCNC1. The molecule has 3 heteroatoms. The van der Waals surface area contributed by atoms with Gasteiger partial charge in [0.1, 0.15) is 0 Å². The highest BCUT2D eigenvalue weighted by Gasteiger charge is 2.18. The van der Waals surface area contributed by atoms with Crippen LogP contribution in [0.5, 0.6) is 0 Å². The van der Waals surface area contributed by atoms with Crippen molar-refractivity contribution in [3.05, 3.63) is 47.0 Å². The Morgan fingerprint density at radius 1 is 1.32 bits per heavy atom. The number of hydrogen-bond acceptors (Lipinski definition) is 3. The lowest BCUT2D eigenvalue weighted by molar-refractivity contribution is -0.138. The zero-order valence-corrected chi connectivity index (χ0v) is 11.4. The van der Waals surface area contributed by atoms with E-state index in [9.17, 15) is 4.79 Å². The fourth-order valence-electron chi connectivity index (χ4n) is 2.37. The summed E-state index contributed by atoms with van der Waals surface area (Å²) in [4.78, 5) is 12.1. The van der Waals surface area contributed by atoms with Gasteiger partial charge in [-0.1, -0.05) is 30.3 Å². The van der Waals surface area contributed by atoms with Gasteiger partial charge in [0.2, 0.25) is 0 Å². The summed E-state index contributed by atoms with van der Waals surface area (Å²) >= 11 is 0. The van der Waals surface area contributed by atoms with E-state index < -0.39 is 0 Å². The normalized spacial score (nSPS) is 17.9. The zero-order chi connectivity index (χ0) is 13.5. The van der Waals surface area contributed by atoms with Gasteiger partial charge in [-0.2, -0.15) is 0 Å². The van der Waals surface area contributed by atoms with Gasteiger partial charge in [0, 0.05) is 18.5 Å². The molecule has 1 aromatic rings. The summed E-state index contributed by atoms with van der Waals surface area (Å²) in [5.41, 5.74) is 3.19. The van der Waals surface area contributed by atoms with Crippen LogP contribution in [-0.2, 0) is 16.0 Å². The molecule has 0 bridgehead atoms. The number of rotatable bonds is 4. The molecule has 0 amide bonds. The second kappa shape index (κ2) is 7.10. The second-order valence-corrected chi connectivity index (χ2v) is 4.75. The Morgan fingerprint density at radius 3 is 2.74 bits per heavy atom. The van der Waals surface area contributed by atoms with Crippen LogP contribution in [0.25, 0.3) is 0 Å². The highest BCUT2D eigenvalue weighted by molar-refractivity contribution is 5.90. The minimum Gasteiger partial charge on any atom is -0.463 e. The quantitative estimate of drug-likeness (QED) is 0.667. The molecular weight excluding hydrogens is 238 g/mol. The Hall–Kier alpha value is -1.61. The molecule has 2 rings (SSSR count). The van der Waals surface area contributed by atoms with Gasteiger partial charge in [-0.25, -0.2) is 4.79 Å². The summed E-state index contributed by atoms with van der Waals surface area (Å²) < 4.78 is 5.20. The zero-order valence-electron chi connectivity index (χ0n) is 11.4. The standard InChI is InChI=1S/C16H21NO2/c1-2-19-16(18)15(14-9-6-10-17-12-14)11-13-7-4-3-5-8-13/h3-5,7-8,17H,2,6,9-12H2,1H3/b15-14+. The smallest absolute Gasteiger partial charge is 0.334 e. The van der Waals surface area contributed by atoms with Gasteiger partial charge in [-0.3, -0.25) is 0 Å². The van der Waals surface area contributed by atoms with Gasteiger partial charge in [0.05, 0.1) is 6.61 Å². The van der Waals surface area contributed by atoms with E-state index in [1.807, 2.05) is 25.1 Å². The number of carbonyl (C=O) groups is 1. The van der Waals surface area contributed by atoms with E-state index in [-0.39, 0.29) is 5.97 Å². The maximum absolute atomic E-state index is 12.1. The molecule has 0 radical (unpaired) electrons. The maximum atomic E-state index is 12.1. The van der Waals surface area contributed by atoms with E-state index >= 15 is 0 Å². The lowest BCUT2D eigenvalue weighted by Gasteiger charge is -2.19. The van der Waals surface area contributed by atoms with Gasteiger partial charge in [-0.05, 0) is 37.4 Å². The lowest BCUT2D eigenvalue weighted by atomic mass is 9.95. The second-order valence-electron chi connectivity index (χ2n) is 4.75. The minimum absolute atomic E-state index is 0.162. The van der Waals surface area contributed by atoms with Crippen LogP contribution in [0.15, 0.2) is 41.5 Å². The monoisotopic (exact) mass is 259 g/mol. The van der Waals surface area contributed by atoms with E-state index in [0.29, 0.717) is 13.0 Å². The predicted molar refractivity (Wildman–Crippen MR) is 75.9 cm³/mol. The van der Waals surface area contributed by atoms with Gasteiger partial charge < -0.3 is 10.1 Å². The molecule has 1 aromatic carbocycles. The predicted octanol–water partition coefficient (Wildman–Crippen LogP) is 2.47. The molecule has 1 aliphatic rings. The first-order valence-electron chi connectivity index (χ1n) is 6.94. The van der Waals surface area contributed by atoms with E-state index in [4.69, 9.17) is 4.74 Å². The fourth-order valence-corrected chi connectivity index (χ4v) is 2.37. The van der Waals surface area contributed by atoms with Crippen LogP contribution in [0, 0.1) is 0 Å². The van der Waals surface area contributed by atoms with Crippen LogP contribution in [0.2, 0.25) is 0 Å². The Balaban J connectivity index is 2.21. The van der Waals surface area contributed by atoms with Crippen LogP contribution >= 0.6 is 0 Å². The molecule has 0 spiro atoms. The Kier molecular flexibility index (Phi) is 5.16. The molecule has 0 unspecified atom stereocenters. The molecule has 1 N–H and O–H groups in total. The van der Waals surface area contributed by atoms with E-state index in [1.54, 1.807) is 0 Å². The number of ether oxygens (including phenoxy) is 1. The first kappa shape index (κ1) is 13.8. The summed E-state index contributed by atoms with van der Waals surface area (Å²) in [5.74, 6) is -0.162. The fraction of sp³-hybridized carbons (Fsp3) is 0.438. The third-order valence-corrected chi connectivity index (χ3v) is 3.34. The van der Waals surface area contributed by atoms with E-state index in [1.165, 1.54) is 5.57 Å². The van der Waals surface area contributed by atoms with Crippen molar-refractivity contribution in [2.45, 2.75) is 26.2 Å². The van der Waals surface area contributed by atoms with E-state index in [2.05, 4.69) is 17.4 Å². The molecule has 0 aromatic heterocycles. The van der Waals surface area contributed by atoms with Gasteiger partial charge in [0.25, 0.3) is 0 Å². The molecule has 1 heterocycles. The minimum atomic E-state index is -0.162. The maximum Gasteiger partial charge on any atom is 0.334 e. The topological polar surface area (TPSA) is 38.3 Å². The van der Waals surface area contributed by atoms with Crippen LogP contribution < -0.4 is 5.32 Å². The molecule has 0 saturated carbocycles. The largest absolute Gasteiger partial charge is 0.463 e. The molecule has 1 saturated heterocycles. The highest BCUT2D eigenvalue weighted by atomic mass is 16.5. The first-order chi connectivity index (χ1) is 9.31. The Morgan fingerprint density at radius 2 is 2.11 bits per heavy atom. The van der Waals surface area contributed by atoms with Crippen molar-refractivity contribution in [1.29, 1.82) is 0 Å². The van der Waals surface area contributed by atoms with Crippen LogP contribution in [0.3, 0.4) is 0 Å². The average molecular weight is 259 g/mol. The van der Waals surface area contributed by atoms with Gasteiger partial charge in [0.15, 0.2) is 0 Å². The number of carbonyl (C=O) groups excluding carboxylic acids is 1. The number of nitrogens with one attached hydrogen (secondary N) is 1. The lowest BCUT2D eigenvalue weighted by Crippen LogP contribution is -2.27. The summed E-state index contributed by atoms with van der Waals surface area (Å²) in [6.45, 7) is 4.12.